The molecule has 1 aliphatic rings. The van der Waals surface area contributed by atoms with Crippen LogP contribution < -0.4 is 0 Å². The molecule has 0 aromatic rings. The van der Waals surface area contributed by atoms with Crippen molar-refractivity contribution < 1.29 is 34.1 Å². The average molecular weight is 380 g/mol. The maximum absolute atomic E-state index is 10.9. The molecule has 150 valence electrons. The van der Waals surface area contributed by atoms with Crippen molar-refractivity contribution in [1.82, 2.24) is 0 Å². The summed E-state index contributed by atoms with van der Waals surface area (Å²) in [6, 6.07) is 0. The van der Waals surface area contributed by atoms with Crippen molar-refractivity contribution in [1.29, 1.82) is 0 Å². The van der Waals surface area contributed by atoms with Crippen molar-refractivity contribution >= 4 is 18.1 Å². The van der Waals surface area contributed by atoms with Crippen molar-refractivity contribution in [3.63, 3.8) is 0 Å². The van der Waals surface area contributed by atoms with E-state index in [1.807, 2.05) is 13.8 Å². The molecular formula is C20H28O7. The quantitative estimate of drug-likeness (QED) is 0.495. The van der Waals surface area contributed by atoms with Crippen molar-refractivity contribution in [2.24, 2.45) is 5.92 Å². The van der Waals surface area contributed by atoms with Crippen LogP contribution in [-0.2, 0) is 19.1 Å². The molecule has 0 aromatic heterocycles. The van der Waals surface area contributed by atoms with E-state index < -0.39 is 12.1 Å². The molecule has 0 spiro atoms. The average Bonchev–Trinajstić information content (AvgIpc) is 2.78. The maximum atomic E-state index is 10.9. The van der Waals surface area contributed by atoms with Gasteiger partial charge in [-0.05, 0) is 57.3 Å². The Balaban J connectivity index is 0.000000503. The van der Waals surface area contributed by atoms with Crippen molar-refractivity contribution in [3.05, 3.63) is 48.3 Å². The number of rotatable bonds is 7. The smallest absolute Gasteiger partial charge is 0.478 e. The van der Waals surface area contributed by atoms with E-state index in [1.54, 1.807) is 0 Å². The molecule has 0 saturated carbocycles. The zero-order valence-electron chi connectivity index (χ0n) is 16.2. The van der Waals surface area contributed by atoms with Crippen LogP contribution in [0.5, 0.6) is 0 Å². The lowest BCUT2D eigenvalue weighted by atomic mass is 9.97. The molecule has 2 N–H and O–H groups in total. The number of carboxylic acid groups (broad SMARTS) is 2. The minimum Gasteiger partial charge on any atom is -0.478 e. The first-order valence-corrected chi connectivity index (χ1v) is 8.53. The topological polar surface area (TPSA) is 110 Å². The summed E-state index contributed by atoms with van der Waals surface area (Å²) in [5.41, 5.74) is -0.180. The molecule has 0 atom stereocenters. The van der Waals surface area contributed by atoms with Crippen molar-refractivity contribution in [2.75, 3.05) is 0 Å². The lowest BCUT2D eigenvalue weighted by Crippen LogP contribution is -2.27. The van der Waals surface area contributed by atoms with Gasteiger partial charge in [0.05, 0.1) is 0 Å². The summed E-state index contributed by atoms with van der Waals surface area (Å²) in [7, 11) is 0. The number of aliphatic carboxylic acids is 1. The monoisotopic (exact) mass is 380 g/mol. The van der Waals surface area contributed by atoms with Gasteiger partial charge in [0.1, 0.15) is 11.4 Å². The summed E-state index contributed by atoms with van der Waals surface area (Å²) in [6.45, 7) is 11.5. The highest BCUT2D eigenvalue weighted by atomic mass is 16.7. The van der Waals surface area contributed by atoms with Gasteiger partial charge in [-0.15, -0.1) is 0 Å². The molecule has 1 rings (SSSR count). The van der Waals surface area contributed by atoms with Gasteiger partial charge in [-0.3, -0.25) is 0 Å². The van der Waals surface area contributed by atoms with Crippen LogP contribution in [0.25, 0.3) is 0 Å². The third kappa shape index (κ3) is 12.2. The SMILES string of the molecule is C=CC(=O)OC(C)(C)CCC(C)C.O=C(O)OC1=CC=C(C(=O)O)CC=C1. The summed E-state index contributed by atoms with van der Waals surface area (Å²) in [6.07, 6.45) is 7.56. The highest BCUT2D eigenvalue weighted by Gasteiger charge is 2.21. The molecule has 7 nitrogen and oxygen atoms in total. The molecule has 0 amide bonds. The Bertz CT molecular complexity index is 637. The molecule has 0 aliphatic heterocycles. The second kappa shape index (κ2) is 11.7. The first-order chi connectivity index (χ1) is 12.5. The Morgan fingerprint density at radius 1 is 1.26 bits per heavy atom. The van der Waals surface area contributed by atoms with Crippen molar-refractivity contribution in [2.45, 2.75) is 52.6 Å². The van der Waals surface area contributed by atoms with E-state index in [-0.39, 0.29) is 29.3 Å². The predicted molar refractivity (Wildman–Crippen MR) is 101 cm³/mol. The first-order valence-electron chi connectivity index (χ1n) is 8.53. The van der Waals surface area contributed by atoms with Crippen LogP contribution in [0.15, 0.2) is 48.3 Å². The van der Waals surface area contributed by atoms with Gasteiger partial charge in [0, 0.05) is 11.6 Å². The second-order valence-electron chi connectivity index (χ2n) is 6.86. The lowest BCUT2D eigenvalue weighted by Gasteiger charge is -2.25. The van der Waals surface area contributed by atoms with Gasteiger partial charge in [0.15, 0.2) is 0 Å². The number of carbonyl (C=O) groups excluding carboxylic acids is 1. The summed E-state index contributed by atoms with van der Waals surface area (Å²) < 4.78 is 9.53. The van der Waals surface area contributed by atoms with Gasteiger partial charge in [-0.2, -0.15) is 0 Å². The van der Waals surface area contributed by atoms with Crippen LogP contribution in [0.3, 0.4) is 0 Å². The highest BCUT2D eigenvalue weighted by Crippen LogP contribution is 2.20. The standard InChI is InChI=1S/C11H20O2.C9H8O5/c1-6-10(12)13-11(4,5)8-7-9(2)3;10-8(11)6-2-1-3-7(5-4-6)14-9(12)13/h6,9H,1,7-8H2,2-5H3;1,3-5H,2H2,(H,10,11)(H,12,13). The van der Waals surface area contributed by atoms with E-state index in [9.17, 15) is 14.4 Å². The fourth-order valence-corrected chi connectivity index (χ4v) is 1.94. The molecule has 27 heavy (non-hydrogen) atoms. The van der Waals surface area contributed by atoms with E-state index in [2.05, 4.69) is 25.2 Å². The van der Waals surface area contributed by atoms with Gasteiger partial charge in [-0.1, -0.05) is 26.5 Å². The van der Waals surface area contributed by atoms with Gasteiger partial charge in [0.25, 0.3) is 0 Å². The van der Waals surface area contributed by atoms with Crippen LogP contribution in [-0.4, -0.2) is 33.9 Å². The molecule has 0 aromatic carbocycles. The Morgan fingerprint density at radius 2 is 1.89 bits per heavy atom. The van der Waals surface area contributed by atoms with E-state index in [4.69, 9.17) is 14.9 Å². The number of hydrogen-bond donors (Lipinski definition) is 2. The number of ether oxygens (including phenoxy) is 2. The van der Waals surface area contributed by atoms with Crippen LogP contribution in [0.1, 0.15) is 47.0 Å². The Hall–Kier alpha value is -2.83. The minimum absolute atomic E-state index is 0.105. The van der Waals surface area contributed by atoms with Gasteiger partial charge in [-0.25, -0.2) is 14.4 Å². The summed E-state index contributed by atoms with van der Waals surface area (Å²) in [4.78, 5) is 31.6. The summed E-state index contributed by atoms with van der Waals surface area (Å²) >= 11 is 0. The first kappa shape index (κ1) is 24.2. The molecule has 0 heterocycles. The number of carbonyl (C=O) groups is 3. The normalized spacial score (nSPS) is 13.4. The fourth-order valence-electron chi connectivity index (χ4n) is 1.94. The third-order valence-electron chi connectivity index (χ3n) is 3.42. The number of allylic oxidation sites excluding steroid dienone is 4. The van der Waals surface area contributed by atoms with Crippen LogP contribution in [0.4, 0.5) is 4.79 Å². The van der Waals surface area contributed by atoms with Crippen LogP contribution in [0.2, 0.25) is 0 Å². The van der Waals surface area contributed by atoms with E-state index >= 15 is 0 Å². The summed E-state index contributed by atoms with van der Waals surface area (Å²) in [5, 5.41) is 16.9. The maximum Gasteiger partial charge on any atom is 0.511 e. The lowest BCUT2D eigenvalue weighted by molar-refractivity contribution is -0.151. The van der Waals surface area contributed by atoms with Gasteiger partial charge >= 0.3 is 18.1 Å². The minimum atomic E-state index is -1.42. The summed E-state index contributed by atoms with van der Waals surface area (Å²) in [5.74, 6) is -0.619. The molecule has 0 saturated heterocycles. The van der Waals surface area contributed by atoms with Crippen LogP contribution >= 0.6 is 0 Å². The Kier molecular flexibility index (Phi) is 10.5. The predicted octanol–water partition coefficient (Wildman–Crippen LogP) is 4.47. The molecule has 1 aliphatic carbocycles. The van der Waals surface area contributed by atoms with Crippen LogP contribution in [0, 0.1) is 5.92 Å². The molecule has 7 heteroatoms. The Labute approximate surface area is 159 Å². The molecule has 0 unspecified atom stereocenters. The zero-order valence-corrected chi connectivity index (χ0v) is 16.2. The number of hydrogen-bond acceptors (Lipinski definition) is 5. The third-order valence-corrected chi connectivity index (χ3v) is 3.42. The molecule has 0 fully saturated rings. The van der Waals surface area contributed by atoms with E-state index in [1.165, 1.54) is 30.4 Å². The number of carboxylic acids is 1. The van der Waals surface area contributed by atoms with Crippen molar-refractivity contribution in [3.8, 4) is 0 Å². The zero-order chi connectivity index (χ0) is 21.0. The largest absolute Gasteiger partial charge is 0.511 e. The van der Waals surface area contributed by atoms with Gasteiger partial charge in [0.2, 0.25) is 0 Å². The van der Waals surface area contributed by atoms with E-state index in [0.717, 1.165) is 12.8 Å². The number of esters is 1. The van der Waals surface area contributed by atoms with Gasteiger partial charge < -0.3 is 19.7 Å². The molecule has 0 radical (unpaired) electrons. The fraction of sp³-hybridized carbons (Fsp3) is 0.450. The van der Waals surface area contributed by atoms with E-state index in [0.29, 0.717) is 5.92 Å². The second-order valence-corrected chi connectivity index (χ2v) is 6.86. The Morgan fingerprint density at radius 3 is 2.37 bits per heavy atom. The highest BCUT2D eigenvalue weighted by molar-refractivity contribution is 5.87. The molecular weight excluding hydrogens is 352 g/mol. The molecule has 0 bridgehead atoms.